The van der Waals surface area contributed by atoms with Gasteiger partial charge in [-0.3, -0.25) is 4.79 Å². The van der Waals surface area contributed by atoms with E-state index < -0.39 is 11.5 Å². The number of rotatable bonds is 9. The van der Waals surface area contributed by atoms with Gasteiger partial charge in [0.25, 0.3) is 0 Å². The predicted octanol–water partition coefficient (Wildman–Crippen LogP) is 5.92. The molecule has 41 heavy (non-hydrogen) atoms. The SMILES string of the molecule is COCCCn1cc(CN(C(=O)[C@H]2CN(C(=O)OC(C)(C)C)CC[C@@H]2c2cccc(O)c2)C2CC2)c2ccccc21. The van der Waals surface area contributed by atoms with Crippen molar-refractivity contribution in [2.24, 2.45) is 5.92 Å². The monoisotopic (exact) mass is 561 g/mol. The first-order valence-corrected chi connectivity index (χ1v) is 14.8. The number of aromatic nitrogens is 1. The summed E-state index contributed by atoms with van der Waals surface area (Å²) in [6.07, 6.45) is 5.30. The zero-order valence-electron chi connectivity index (χ0n) is 24.7. The van der Waals surface area contributed by atoms with Gasteiger partial charge in [-0.15, -0.1) is 0 Å². The van der Waals surface area contributed by atoms with Crippen molar-refractivity contribution in [2.75, 3.05) is 26.8 Å². The molecule has 2 atom stereocenters. The van der Waals surface area contributed by atoms with Crippen molar-refractivity contribution in [2.45, 2.75) is 77.1 Å². The lowest BCUT2D eigenvalue weighted by Gasteiger charge is -2.40. The van der Waals surface area contributed by atoms with Crippen LogP contribution < -0.4 is 0 Å². The van der Waals surface area contributed by atoms with E-state index in [0.29, 0.717) is 26.1 Å². The first-order chi connectivity index (χ1) is 19.6. The molecule has 1 saturated heterocycles. The van der Waals surface area contributed by atoms with Gasteiger partial charge in [-0.1, -0.05) is 30.3 Å². The van der Waals surface area contributed by atoms with Crippen LogP contribution in [0.2, 0.25) is 0 Å². The Kier molecular flexibility index (Phi) is 8.59. The minimum atomic E-state index is -0.615. The van der Waals surface area contributed by atoms with E-state index >= 15 is 0 Å². The number of aryl methyl sites for hydroxylation is 1. The van der Waals surface area contributed by atoms with Gasteiger partial charge >= 0.3 is 6.09 Å². The molecule has 2 heterocycles. The van der Waals surface area contributed by atoms with Crippen molar-refractivity contribution in [1.82, 2.24) is 14.4 Å². The van der Waals surface area contributed by atoms with Gasteiger partial charge in [-0.2, -0.15) is 0 Å². The highest BCUT2D eigenvalue weighted by molar-refractivity contribution is 5.86. The molecule has 2 amide bonds. The second kappa shape index (κ2) is 12.1. The van der Waals surface area contributed by atoms with Gasteiger partial charge in [0.1, 0.15) is 11.4 Å². The van der Waals surface area contributed by atoms with Crippen LogP contribution in [0.1, 0.15) is 63.5 Å². The van der Waals surface area contributed by atoms with E-state index in [2.05, 4.69) is 29.0 Å². The number of nitrogens with zero attached hydrogens (tertiary/aromatic N) is 3. The van der Waals surface area contributed by atoms with Crippen molar-refractivity contribution in [3.8, 4) is 5.75 Å². The lowest BCUT2D eigenvalue weighted by molar-refractivity contribution is -0.139. The number of carbonyl (C=O) groups excluding carboxylic acids is 2. The highest BCUT2D eigenvalue weighted by atomic mass is 16.6. The highest BCUT2D eigenvalue weighted by Crippen LogP contribution is 2.39. The molecule has 0 spiro atoms. The topological polar surface area (TPSA) is 84.2 Å². The number of phenolic OH excluding ortho intramolecular Hbond substituents is 1. The number of ether oxygens (including phenoxy) is 2. The molecule has 1 saturated carbocycles. The second-order valence-corrected chi connectivity index (χ2v) is 12.4. The number of methoxy groups -OCH3 is 1. The number of aromatic hydroxyl groups is 1. The van der Waals surface area contributed by atoms with Crippen molar-refractivity contribution < 1.29 is 24.2 Å². The molecule has 220 valence electrons. The molecule has 1 aliphatic heterocycles. The molecule has 5 rings (SSSR count). The van der Waals surface area contributed by atoms with Crippen LogP contribution in [-0.4, -0.2) is 69.9 Å². The molecule has 8 nitrogen and oxygen atoms in total. The second-order valence-electron chi connectivity index (χ2n) is 12.4. The molecule has 2 aromatic carbocycles. The third-order valence-electron chi connectivity index (χ3n) is 8.11. The largest absolute Gasteiger partial charge is 0.508 e. The van der Waals surface area contributed by atoms with Crippen LogP contribution in [0.4, 0.5) is 4.79 Å². The summed E-state index contributed by atoms with van der Waals surface area (Å²) >= 11 is 0. The molecule has 1 N–H and O–H groups in total. The van der Waals surface area contributed by atoms with Gasteiger partial charge in [-0.25, -0.2) is 4.79 Å². The first-order valence-electron chi connectivity index (χ1n) is 14.8. The average Bonchev–Trinajstić information content (AvgIpc) is 3.73. The number of amides is 2. The number of para-hydroxylation sites is 1. The average molecular weight is 562 g/mol. The molecule has 1 aromatic heterocycles. The summed E-state index contributed by atoms with van der Waals surface area (Å²) in [5.74, 6) is -0.299. The van der Waals surface area contributed by atoms with E-state index in [1.807, 2.05) is 43.9 Å². The highest BCUT2D eigenvalue weighted by Gasteiger charge is 2.43. The summed E-state index contributed by atoms with van der Waals surface area (Å²) in [4.78, 5) is 31.3. The summed E-state index contributed by atoms with van der Waals surface area (Å²) in [7, 11) is 1.72. The standard InChI is InChI=1S/C33H43N3O5/c1-33(2,3)41-32(39)35-17-15-27(23-9-7-10-26(37)19-23)29(22-35)31(38)36(25-13-14-25)21-24-20-34(16-8-18-40-4)30-12-6-5-11-28(24)30/h5-7,9-12,19-20,25,27,29,37H,8,13-18,21-22H2,1-4H3/t27-,29+/m1/s1. The van der Waals surface area contributed by atoms with Gasteiger partial charge in [0.15, 0.2) is 0 Å². The molecule has 0 radical (unpaired) electrons. The zero-order valence-corrected chi connectivity index (χ0v) is 24.7. The molecule has 0 unspecified atom stereocenters. The Hall–Kier alpha value is -3.52. The van der Waals surface area contributed by atoms with E-state index in [9.17, 15) is 14.7 Å². The number of hydrogen-bond acceptors (Lipinski definition) is 5. The summed E-state index contributed by atoms with van der Waals surface area (Å²) in [6, 6.07) is 15.8. The van der Waals surface area contributed by atoms with E-state index in [1.54, 1.807) is 24.1 Å². The van der Waals surface area contributed by atoms with E-state index in [0.717, 1.165) is 47.8 Å². The quantitative estimate of drug-likeness (QED) is 0.328. The minimum Gasteiger partial charge on any atom is -0.508 e. The normalized spacial score (nSPS) is 19.4. The lowest BCUT2D eigenvalue weighted by atomic mass is 9.79. The summed E-state index contributed by atoms with van der Waals surface area (Å²) in [5.41, 5.74) is 2.61. The van der Waals surface area contributed by atoms with Gasteiger partial charge in [0.05, 0.1) is 5.92 Å². The van der Waals surface area contributed by atoms with Gasteiger partial charge in [-0.05, 0) is 81.7 Å². The Morgan fingerprint density at radius 1 is 1.07 bits per heavy atom. The molecule has 2 aliphatic rings. The molecule has 2 fully saturated rings. The molecule has 1 aliphatic carbocycles. The van der Waals surface area contributed by atoms with Crippen molar-refractivity contribution in [1.29, 1.82) is 0 Å². The smallest absolute Gasteiger partial charge is 0.410 e. The van der Waals surface area contributed by atoms with Crippen LogP contribution in [-0.2, 0) is 27.4 Å². The number of benzene rings is 2. The third kappa shape index (κ3) is 6.87. The Labute approximate surface area is 242 Å². The number of piperidine rings is 1. The van der Waals surface area contributed by atoms with Gasteiger partial charge in [0, 0.05) is 63.0 Å². The van der Waals surface area contributed by atoms with Crippen LogP contribution >= 0.6 is 0 Å². The molecule has 8 heteroatoms. The summed E-state index contributed by atoms with van der Waals surface area (Å²) < 4.78 is 13.2. The first kappa shape index (κ1) is 29.0. The van der Waals surface area contributed by atoms with Crippen LogP contribution in [0.15, 0.2) is 54.7 Å². The number of fused-ring (bicyclic) bond motifs is 1. The maximum Gasteiger partial charge on any atom is 0.410 e. The molecular formula is C33H43N3O5. The Balaban J connectivity index is 1.44. The summed E-state index contributed by atoms with van der Waals surface area (Å²) in [6.45, 7) is 8.42. The maximum atomic E-state index is 14.5. The fraction of sp³-hybridized carbons (Fsp3) is 0.515. The van der Waals surface area contributed by atoms with Crippen molar-refractivity contribution in [3.63, 3.8) is 0 Å². The van der Waals surface area contributed by atoms with Gasteiger partial charge in [0.2, 0.25) is 5.91 Å². The van der Waals surface area contributed by atoms with E-state index in [4.69, 9.17) is 9.47 Å². The number of phenols is 1. The fourth-order valence-electron chi connectivity index (χ4n) is 6.03. The molecule has 0 bridgehead atoms. The maximum absolute atomic E-state index is 14.5. The lowest BCUT2D eigenvalue weighted by Crippen LogP contribution is -2.51. The number of likely N-dealkylation sites (tertiary alicyclic amines) is 1. The Bertz CT molecular complexity index is 1370. The van der Waals surface area contributed by atoms with Crippen LogP contribution in [0.25, 0.3) is 10.9 Å². The van der Waals surface area contributed by atoms with Crippen molar-refractivity contribution >= 4 is 22.9 Å². The van der Waals surface area contributed by atoms with Crippen molar-refractivity contribution in [3.05, 3.63) is 65.9 Å². The van der Waals surface area contributed by atoms with Crippen LogP contribution in [0, 0.1) is 5.92 Å². The minimum absolute atomic E-state index is 0.0605. The number of carbonyl (C=O) groups is 2. The Morgan fingerprint density at radius 3 is 2.56 bits per heavy atom. The zero-order chi connectivity index (χ0) is 29.1. The predicted molar refractivity (Wildman–Crippen MR) is 159 cm³/mol. The fourth-order valence-corrected chi connectivity index (χ4v) is 6.03. The molecule has 3 aromatic rings. The molecular weight excluding hydrogens is 518 g/mol. The van der Waals surface area contributed by atoms with Crippen LogP contribution in [0.3, 0.4) is 0 Å². The van der Waals surface area contributed by atoms with Gasteiger partial charge < -0.3 is 28.9 Å². The Morgan fingerprint density at radius 2 is 1.85 bits per heavy atom. The van der Waals surface area contributed by atoms with E-state index in [-0.39, 0.29) is 36.3 Å². The summed E-state index contributed by atoms with van der Waals surface area (Å²) in [5, 5.41) is 11.4. The van der Waals surface area contributed by atoms with E-state index in [1.165, 1.54) is 0 Å². The van der Waals surface area contributed by atoms with Crippen LogP contribution in [0.5, 0.6) is 5.75 Å². The third-order valence-corrected chi connectivity index (χ3v) is 8.11. The number of hydrogen-bond donors (Lipinski definition) is 1.